The number of amides is 1. The van der Waals surface area contributed by atoms with Crippen LogP contribution in [0.3, 0.4) is 0 Å². The fourth-order valence-corrected chi connectivity index (χ4v) is 2.91. The first-order valence-electron chi connectivity index (χ1n) is 7.81. The Morgan fingerprint density at radius 1 is 1.08 bits per heavy atom. The van der Waals surface area contributed by atoms with E-state index in [0.29, 0.717) is 18.0 Å². The van der Waals surface area contributed by atoms with E-state index in [9.17, 15) is 4.79 Å². The number of H-pyrrole nitrogens is 1. The van der Waals surface area contributed by atoms with Crippen molar-refractivity contribution in [2.45, 2.75) is 12.5 Å². The quantitative estimate of drug-likeness (QED) is 0.777. The van der Waals surface area contributed by atoms with Crippen molar-refractivity contribution in [2.75, 3.05) is 6.61 Å². The lowest BCUT2D eigenvalue weighted by atomic mass is 10.0. The van der Waals surface area contributed by atoms with Crippen molar-refractivity contribution < 1.29 is 9.53 Å². The summed E-state index contributed by atoms with van der Waals surface area (Å²) in [5.41, 5.74) is 2.68. The molecule has 1 amide bonds. The summed E-state index contributed by atoms with van der Waals surface area (Å²) < 4.78 is 5.63. The van der Waals surface area contributed by atoms with Crippen LogP contribution in [0, 0.1) is 0 Å². The molecule has 120 valence electrons. The number of para-hydroxylation sites is 1. The molecule has 0 aliphatic carbocycles. The van der Waals surface area contributed by atoms with E-state index in [-0.39, 0.29) is 11.9 Å². The topological polar surface area (TPSA) is 79.9 Å². The smallest absolute Gasteiger partial charge is 0.274 e. The highest BCUT2D eigenvalue weighted by Gasteiger charge is 2.25. The molecule has 6 nitrogen and oxygen atoms in total. The summed E-state index contributed by atoms with van der Waals surface area (Å²) in [5, 5.41) is 13.8. The average Bonchev–Trinajstić information content (AvgIpc) is 3.13. The zero-order chi connectivity index (χ0) is 16.4. The first-order chi connectivity index (χ1) is 11.8. The summed E-state index contributed by atoms with van der Waals surface area (Å²) in [6.45, 7) is 0.576. The molecular formula is C18H16N4O2. The SMILES string of the molecule is O=C(NC1CCOc2ccccc21)c1n[nH]nc1-c1ccccc1. The van der Waals surface area contributed by atoms with E-state index < -0.39 is 0 Å². The average molecular weight is 320 g/mol. The highest BCUT2D eigenvalue weighted by Crippen LogP contribution is 2.32. The number of aromatic nitrogens is 3. The van der Waals surface area contributed by atoms with Gasteiger partial charge < -0.3 is 10.1 Å². The molecule has 1 unspecified atom stereocenters. The van der Waals surface area contributed by atoms with Crippen LogP contribution >= 0.6 is 0 Å². The molecule has 0 radical (unpaired) electrons. The number of rotatable bonds is 3. The van der Waals surface area contributed by atoms with E-state index in [4.69, 9.17) is 4.74 Å². The molecule has 0 fully saturated rings. The molecule has 1 aliphatic heterocycles. The molecule has 0 saturated heterocycles. The summed E-state index contributed by atoms with van der Waals surface area (Å²) in [6.07, 6.45) is 0.723. The Morgan fingerprint density at radius 2 is 1.88 bits per heavy atom. The van der Waals surface area contributed by atoms with Crippen LogP contribution in [0.4, 0.5) is 0 Å². The molecule has 0 spiro atoms. The molecule has 2 heterocycles. The molecule has 2 aromatic carbocycles. The first-order valence-corrected chi connectivity index (χ1v) is 7.81. The number of hydrogen-bond donors (Lipinski definition) is 2. The maximum Gasteiger partial charge on any atom is 0.274 e. The maximum atomic E-state index is 12.7. The molecule has 0 bridgehead atoms. The fourth-order valence-electron chi connectivity index (χ4n) is 2.91. The minimum atomic E-state index is -0.246. The van der Waals surface area contributed by atoms with E-state index in [2.05, 4.69) is 20.7 Å². The van der Waals surface area contributed by atoms with Gasteiger partial charge in [-0.2, -0.15) is 15.4 Å². The Balaban J connectivity index is 1.60. The van der Waals surface area contributed by atoms with Gasteiger partial charge in [0.25, 0.3) is 5.91 Å². The standard InChI is InChI=1S/C18H16N4O2/c23-18(17-16(20-22-21-17)12-6-2-1-3-7-12)19-14-10-11-24-15-9-5-4-8-13(14)15/h1-9,14H,10-11H2,(H,19,23)(H,20,21,22). The number of ether oxygens (including phenoxy) is 1. The van der Waals surface area contributed by atoms with Gasteiger partial charge in [-0.15, -0.1) is 0 Å². The number of aromatic amines is 1. The van der Waals surface area contributed by atoms with Crippen LogP contribution in [-0.2, 0) is 0 Å². The zero-order valence-corrected chi connectivity index (χ0v) is 12.9. The van der Waals surface area contributed by atoms with Crippen molar-refractivity contribution in [3.05, 3.63) is 65.9 Å². The van der Waals surface area contributed by atoms with E-state index in [1.165, 1.54) is 0 Å². The summed E-state index contributed by atoms with van der Waals surface area (Å²) in [4.78, 5) is 12.7. The zero-order valence-electron chi connectivity index (χ0n) is 12.9. The van der Waals surface area contributed by atoms with Crippen LogP contribution in [0.2, 0.25) is 0 Å². The Kier molecular flexibility index (Phi) is 3.70. The van der Waals surface area contributed by atoms with Gasteiger partial charge in [-0.05, 0) is 6.07 Å². The molecule has 4 rings (SSSR count). The predicted octanol–water partition coefficient (Wildman–Crippen LogP) is 2.73. The van der Waals surface area contributed by atoms with E-state index >= 15 is 0 Å². The second kappa shape index (κ2) is 6.16. The molecule has 2 N–H and O–H groups in total. The summed E-state index contributed by atoms with van der Waals surface area (Å²) in [5.74, 6) is 0.571. The van der Waals surface area contributed by atoms with Gasteiger partial charge in [0.1, 0.15) is 11.4 Å². The highest BCUT2D eigenvalue weighted by molar-refractivity contribution is 5.98. The first kappa shape index (κ1) is 14.4. The van der Waals surface area contributed by atoms with Gasteiger partial charge in [0.15, 0.2) is 5.69 Å². The largest absolute Gasteiger partial charge is 0.493 e. The minimum Gasteiger partial charge on any atom is -0.493 e. The van der Waals surface area contributed by atoms with Crippen LogP contribution in [-0.4, -0.2) is 27.9 Å². The lowest BCUT2D eigenvalue weighted by Crippen LogP contribution is -2.32. The number of benzene rings is 2. The summed E-state index contributed by atoms with van der Waals surface area (Å²) in [7, 11) is 0. The number of fused-ring (bicyclic) bond motifs is 1. The molecule has 6 heteroatoms. The normalized spacial score (nSPS) is 16.1. The van der Waals surface area contributed by atoms with Crippen LogP contribution in [0.1, 0.15) is 28.5 Å². The van der Waals surface area contributed by atoms with Crippen molar-refractivity contribution in [1.29, 1.82) is 0 Å². The van der Waals surface area contributed by atoms with Crippen molar-refractivity contribution in [2.24, 2.45) is 0 Å². The van der Waals surface area contributed by atoms with Gasteiger partial charge in [0.05, 0.1) is 12.6 Å². The molecule has 24 heavy (non-hydrogen) atoms. The highest BCUT2D eigenvalue weighted by atomic mass is 16.5. The Hall–Kier alpha value is -3.15. The Labute approximate surface area is 138 Å². The van der Waals surface area contributed by atoms with Gasteiger partial charge in [-0.3, -0.25) is 4.79 Å². The third-order valence-corrected chi connectivity index (χ3v) is 4.07. The molecule has 1 atom stereocenters. The number of hydrogen-bond acceptors (Lipinski definition) is 4. The number of carbonyl (C=O) groups is 1. The van der Waals surface area contributed by atoms with Crippen molar-refractivity contribution in [3.8, 4) is 17.0 Å². The van der Waals surface area contributed by atoms with Crippen molar-refractivity contribution >= 4 is 5.91 Å². The van der Waals surface area contributed by atoms with E-state index in [1.807, 2.05) is 54.6 Å². The lowest BCUT2D eigenvalue weighted by Gasteiger charge is -2.26. The number of nitrogens with one attached hydrogen (secondary N) is 2. The van der Waals surface area contributed by atoms with E-state index in [0.717, 1.165) is 23.3 Å². The Morgan fingerprint density at radius 3 is 2.75 bits per heavy atom. The van der Waals surface area contributed by atoms with Gasteiger partial charge >= 0.3 is 0 Å². The molecule has 3 aromatic rings. The molecular weight excluding hydrogens is 304 g/mol. The van der Waals surface area contributed by atoms with Gasteiger partial charge in [-0.1, -0.05) is 48.5 Å². The third-order valence-electron chi connectivity index (χ3n) is 4.07. The van der Waals surface area contributed by atoms with Crippen LogP contribution < -0.4 is 10.1 Å². The van der Waals surface area contributed by atoms with Crippen LogP contribution in [0.15, 0.2) is 54.6 Å². The molecule has 1 aromatic heterocycles. The maximum absolute atomic E-state index is 12.7. The predicted molar refractivity (Wildman–Crippen MR) is 88.6 cm³/mol. The van der Waals surface area contributed by atoms with Crippen LogP contribution in [0.5, 0.6) is 5.75 Å². The molecule has 1 aliphatic rings. The van der Waals surface area contributed by atoms with Crippen molar-refractivity contribution in [3.63, 3.8) is 0 Å². The van der Waals surface area contributed by atoms with Gasteiger partial charge in [-0.25, -0.2) is 0 Å². The second-order valence-electron chi connectivity index (χ2n) is 5.59. The third kappa shape index (κ3) is 2.62. The second-order valence-corrected chi connectivity index (χ2v) is 5.59. The van der Waals surface area contributed by atoms with E-state index in [1.54, 1.807) is 0 Å². The summed E-state index contributed by atoms with van der Waals surface area (Å²) in [6, 6.07) is 17.2. The summed E-state index contributed by atoms with van der Waals surface area (Å²) >= 11 is 0. The van der Waals surface area contributed by atoms with Gasteiger partial charge in [0.2, 0.25) is 0 Å². The number of carbonyl (C=O) groups excluding carboxylic acids is 1. The molecule has 0 saturated carbocycles. The van der Waals surface area contributed by atoms with Crippen LogP contribution in [0.25, 0.3) is 11.3 Å². The minimum absolute atomic E-state index is 0.0947. The monoisotopic (exact) mass is 320 g/mol. The lowest BCUT2D eigenvalue weighted by molar-refractivity contribution is 0.0920. The Bertz CT molecular complexity index is 860. The van der Waals surface area contributed by atoms with Crippen molar-refractivity contribution in [1.82, 2.24) is 20.7 Å². The fraction of sp³-hybridized carbons (Fsp3) is 0.167. The van der Waals surface area contributed by atoms with Gasteiger partial charge in [0, 0.05) is 17.5 Å². The number of nitrogens with zero attached hydrogens (tertiary/aromatic N) is 2.